The van der Waals surface area contributed by atoms with E-state index >= 15 is 0 Å². The lowest BCUT2D eigenvalue weighted by molar-refractivity contribution is 0.202. The Kier molecular flexibility index (Phi) is 6.08. The minimum Gasteiger partial charge on any atom is -0.334 e. The van der Waals surface area contributed by atoms with Gasteiger partial charge in [0.25, 0.3) is 5.89 Å². The van der Waals surface area contributed by atoms with Crippen molar-refractivity contribution in [1.82, 2.24) is 20.4 Å². The molecule has 0 saturated heterocycles. The van der Waals surface area contributed by atoms with E-state index in [0.717, 1.165) is 28.8 Å². The molecule has 1 aliphatic heterocycles. The van der Waals surface area contributed by atoms with Crippen molar-refractivity contribution in [2.45, 2.75) is 40.2 Å². The standard InChI is InChI=1S/C25H27FN4O2/c1-15(2)12-13-30-17(4)21(22(27-25(30)31)18-10-8-16(3)9-11-18)24-28-23(29-32-24)19-6-5-7-20(26)14-19/h5-11,14-15,22H,12-13H2,1-4H3,(H,27,31). The summed E-state index contributed by atoms with van der Waals surface area (Å²) in [5, 5.41) is 7.18. The maximum absolute atomic E-state index is 13.7. The zero-order valence-electron chi connectivity index (χ0n) is 18.7. The van der Waals surface area contributed by atoms with Crippen LogP contribution in [0.4, 0.5) is 9.18 Å². The molecule has 0 bridgehead atoms. The largest absolute Gasteiger partial charge is 0.334 e. The molecule has 2 heterocycles. The van der Waals surface area contributed by atoms with Gasteiger partial charge in [-0.3, -0.25) is 4.90 Å². The molecule has 0 spiro atoms. The topological polar surface area (TPSA) is 71.3 Å². The summed E-state index contributed by atoms with van der Waals surface area (Å²) in [5.41, 5.74) is 4.10. The van der Waals surface area contributed by atoms with Crippen molar-refractivity contribution >= 4 is 11.6 Å². The summed E-state index contributed by atoms with van der Waals surface area (Å²) in [5.74, 6) is 0.693. The fraction of sp³-hybridized carbons (Fsp3) is 0.320. The van der Waals surface area contributed by atoms with Gasteiger partial charge >= 0.3 is 6.03 Å². The Morgan fingerprint density at radius 1 is 1.16 bits per heavy atom. The predicted molar refractivity (Wildman–Crippen MR) is 121 cm³/mol. The molecule has 4 rings (SSSR count). The number of nitrogens with one attached hydrogen (secondary N) is 1. The minimum absolute atomic E-state index is 0.151. The maximum Gasteiger partial charge on any atom is 0.322 e. The van der Waals surface area contributed by atoms with Gasteiger partial charge < -0.3 is 9.84 Å². The van der Waals surface area contributed by atoms with E-state index < -0.39 is 6.04 Å². The molecule has 7 heteroatoms. The van der Waals surface area contributed by atoms with E-state index in [4.69, 9.17) is 4.52 Å². The summed E-state index contributed by atoms with van der Waals surface area (Å²) in [6.45, 7) is 8.76. The Balaban J connectivity index is 1.79. The second kappa shape index (κ2) is 8.94. The summed E-state index contributed by atoms with van der Waals surface area (Å²) >= 11 is 0. The minimum atomic E-state index is -0.431. The van der Waals surface area contributed by atoms with Gasteiger partial charge in [0.15, 0.2) is 0 Å². The van der Waals surface area contributed by atoms with Crippen LogP contribution in [0.1, 0.15) is 50.3 Å². The average molecular weight is 435 g/mol. The van der Waals surface area contributed by atoms with E-state index in [2.05, 4.69) is 29.3 Å². The second-order valence-electron chi connectivity index (χ2n) is 8.56. The molecule has 0 radical (unpaired) electrons. The number of halogens is 1. The summed E-state index contributed by atoms with van der Waals surface area (Å²) < 4.78 is 19.3. The van der Waals surface area contributed by atoms with E-state index in [-0.39, 0.29) is 11.8 Å². The molecule has 2 aromatic carbocycles. The van der Waals surface area contributed by atoms with Crippen molar-refractivity contribution in [3.63, 3.8) is 0 Å². The van der Waals surface area contributed by atoms with Crippen LogP contribution >= 0.6 is 0 Å². The maximum atomic E-state index is 13.7. The Hall–Kier alpha value is -3.48. The number of benzene rings is 2. The molecule has 32 heavy (non-hydrogen) atoms. The number of urea groups is 1. The Labute approximate surface area is 187 Å². The lowest BCUT2D eigenvalue weighted by Gasteiger charge is -2.35. The van der Waals surface area contributed by atoms with E-state index in [1.165, 1.54) is 12.1 Å². The van der Waals surface area contributed by atoms with Gasteiger partial charge in [0.1, 0.15) is 5.82 Å². The first-order chi connectivity index (χ1) is 15.3. The number of aryl methyl sites for hydroxylation is 1. The quantitative estimate of drug-likeness (QED) is 0.538. The third kappa shape index (κ3) is 4.42. The van der Waals surface area contributed by atoms with Crippen LogP contribution in [0.15, 0.2) is 58.8 Å². The first kappa shape index (κ1) is 21.7. The zero-order chi connectivity index (χ0) is 22.8. The molecule has 1 aliphatic rings. The molecule has 1 N–H and O–H groups in total. The van der Waals surface area contributed by atoms with Gasteiger partial charge in [-0.25, -0.2) is 9.18 Å². The highest BCUT2D eigenvalue weighted by Crippen LogP contribution is 2.37. The van der Waals surface area contributed by atoms with Crippen molar-refractivity contribution in [2.75, 3.05) is 6.54 Å². The molecule has 0 saturated carbocycles. The first-order valence-corrected chi connectivity index (χ1v) is 10.8. The van der Waals surface area contributed by atoms with Crippen LogP contribution in [0.2, 0.25) is 0 Å². The highest BCUT2D eigenvalue weighted by Gasteiger charge is 2.35. The molecular weight excluding hydrogens is 407 g/mol. The molecule has 6 nitrogen and oxygen atoms in total. The van der Waals surface area contributed by atoms with Gasteiger partial charge in [-0.05, 0) is 43.9 Å². The second-order valence-corrected chi connectivity index (χ2v) is 8.56. The number of aromatic nitrogens is 2. The number of hydrogen-bond acceptors (Lipinski definition) is 4. The molecule has 1 aromatic heterocycles. The van der Waals surface area contributed by atoms with Gasteiger partial charge in [0.2, 0.25) is 5.82 Å². The number of carbonyl (C=O) groups is 1. The van der Waals surface area contributed by atoms with Gasteiger partial charge in [-0.1, -0.05) is 61.0 Å². The van der Waals surface area contributed by atoms with Crippen LogP contribution in [0.3, 0.4) is 0 Å². The van der Waals surface area contributed by atoms with Gasteiger partial charge in [-0.2, -0.15) is 4.98 Å². The Morgan fingerprint density at radius 3 is 2.59 bits per heavy atom. The summed E-state index contributed by atoms with van der Waals surface area (Å²) in [6, 6.07) is 13.5. The van der Waals surface area contributed by atoms with Gasteiger partial charge in [0.05, 0.1) is 11.6 Å². The highest BCUT2D eigenvalue weighted by molar-refractivity contribution is 5.86. The fourth-order valence-electron chi connectivity index (χ4n) is 3.80. The van der Waals surface area contributed by atoms with Crippen LogP contribution in [0.5, 0.6) is 0 Å². The SMILES string of the molecule is CC1=C(c2nc(-c3cccc(F)c3)no2)C(c2ccc(C)cc2)NC(=O)N1CCC(C)C. The molecule has 1 atom stereocenters. The van der Waals surface area contributed by atoms with Crippen LogP contribution in [-0.2, 0) is 0 Å². The van der Waals surface area contributed by atoms with E-state index in [1.807, 2.05) is 38.1 Å². The first-order valence-electron chi connectivity index (χ1n) is 10.8. The predicted octanol–water partition coefficient (Wildman–Crippen LogP) is 5.73. The van der Waals surface area contributed by atoms with Crippen LogP contribution in [0, 0.1) is 18.7 Å². The summed E-state index contributed by atoms with van der Waals surface area (Å²) in [6.07, 6.45) is 0.867. The van der Waals surface area contributed by atoms with Crippen LogP contribution < -0.4 is 5.32 Å². The number of carbonyl (C=O) groups excluding carboxylic acids is 1. The van der Waals surface area contributed by atoms with E-state index in [1.54, 1.807) is 17.0 Å². The van der Waals surface area contributed by atoms with Gasteiger partial charge in [0, 0.05) is 17.8 Å². The number of nitrogens with zero attached hydrogens (tertiary/aromatic N) is 3. The summed E-state index contributed by atoms with van der Waals surface area (Å²) in [4.78, 5) is 19.3. The van der Waals surface area contributed by atoms with Gasteiger partial charge in [-0.15, -0.1) is 0 Å². The zero-order valence-corrected chi connectivity index (χ0v) is 18.7. The average Bonchev–Trinajstić information content (AvgIpc) is 3.23. The number of rotatable bonds is 6. The molecule has 1 unspecified atom stereocenters. The van der Waals surface area contributed by atoms with Crippen molar-refractivity contribution in [3.8, 4) is 11.4 Å². The summed E-state index contributed by atoms with van der Waals surface area (Å²) in [7, 11) is 0. The number of amides is 2. The van der Waals surface area contributed by atoms with E-state index in [9.17, 15) is 9.18 Å². The third-order valence-corrected chi connectivity index (χ3v) is 5.68. The normalized spacial score (nSPS) is 16.6. The number of hydrogen-bond donors (Lipinski definition) is 1. The molecule has 3 aromatic rings. The molecular formula is C25H27FN4O2. The number of allylic oxidation sites excluding steroid dienone is 1. The molecule has 0 aliphatic carbocycles. The molecule has 166 valence electrons. The van der Waals surface area contributed by atoms with Crippen LogP contribution in [0.25, 0.3) is 17.0 Å². The van der Waals surface area contributed by atoms with Crippen molar-refractivity contribution in [2.24, 2.45) is 5.92 Å². The fourth-order valence-corrected chi connectivity index (χ4v) is 3.80. The molecule has 0 fully saturated rings. The van der Waals surface area contributed by atoms with Crippen LogP contribution in [-0.4, -0.2) is 27.6 Å². The third-order valence-electron chi connectivity index (χ3n) is 5.68. The smallest absolute Gasteiger partial charge is 0.322 e. The monoisotopic (exact) mass is 434 g/mol. The lowest BCUT2D eigenvalue weighted by Crippen LogP contribution is -2.46. The van der Waals surface area contributed by atoms with Crippen molar-refractivity contribution in [3.05, 3.63) is 77.1 Å². The lowest BCUT2D eigenvalue weighted by atomic mass is 9.94. The Morgan fingerprint density at radius 2 is 1.91 bits per heavy atom. The molecule has 2 amide bonds. The van der Waals surface area contributed by atoms with E-state index in [0.29, 0.717) is 29.7 Å². The highest BCUT2D eigenvalue weighted by atomic mass is 19.1. The Bertz CT molecular complexity index is 1150. The van der Waals surface area contributed by atoms with Crippen molar-refractivity contribution < 1.29 is 13.7 Å². The van der Waals surface area contributed by atoms with Crippen molar-refractivity contribution in [1.29, 1.82) is 0 Å².